The standard InChI is InChI=1S/C41H76N10O13S/c1-30(52)65-29-38(57)47-17-8-6-13-33(41(60)50-18-9-5-12-32(45-3)40(43)59)51-35(54)15-10-14-34(53)48-19-21-61-23-26-64-28-37(56)49-20-22-62-24-25-63-27-36(55)46-16-7-4-11-31(44-2)39(42)58/h31-33,44-45H,4-29H2,1-3H3,(H2,42,58)(H2,43,59)(H,46,55)(H,47,57)(H,48,53)(H,49,56)(H,50,60)(H,51,54)/t31-,32-,33-/m0/s1. The van der Waals surface area contributed by atoms with Gasteiger partial charge in [0.1, 0.15) is 19.3 Å². The molecule has 374 valence electrons. The van der Waals surface area contributed by atoms with E-state index >= 15 is 0 Å². The van der Waals surface area contributed by atoms with E-state index in [1.807, 2.05) is 0 Å². The van der Waals surface area contributed by atoms with Crippen LogP contribution in [0.25, 0.3) is 0 Å². The van der Waals surface area contributed by atoms with Gasteiger partial charge in [0.2, 0.25) is 47.3 Å². The number of rotatable bonds is 43. The van der Waals surface area contributed by atoms with E-state index in [2.05, 4.69) is 42.5 Å². The van der Waals surface area contributed by atoms with Gasteiger partial charge in [0.25, 0.3) is 0 Å². The molecule has 0 spiro atoms. The molecule has 8 amide bonds. The maximum Gasteiger partial charge on any atom is 0.246 e. The second-order valence-electron chi connectivity index (χ2n) is 14.7. The fourth-order valence-corrected chi connectivity index (χ4v) is 6.15. The van der Waals surface area contributed by atoms with Gasteiger partial charge in [-0.3, -0.25) is 43.2 Å². The third-order valence-electron chi connectivity index (χ3n) is 9.30. The van der Waals surface area contributed by atoms with E-state index in [0.717, 1.165) is 18.2 Å². The van der Waals surface area contributed by atoms with E-state index in [0.29, 0.717) is 71.0 Å². The average Bonchev–Trinajstić information content (AvgIpc) is 3.26. The van der Waals surface area contributed by atoms with Gasteiger partial charge in [0.15, 0.2) is 5.12 Å². The zero-order valence-corrected chi connectivity index (χ0v) is 39.3. The van der Waals surface area contributed by atoms with Crippen LogP contribution >= 0.6 is 11.8 Å². The van der Waals surface area contributed by atoms with Crippen molar-refractivity contribution in [2.24, 2.45) is 11.5 Å². The summed E-state index contributed by atoms with van der Waals surface area (Å²) in [6.45, 7) is 4.05. The fourth-order valence-electron chi connectivity index (χ4n) is 5.72. The Balaban J connectivity index is 4.11. The number of hydrogen-bond donors (Lipinski definition) is 10. The minimum atomic E-state index is -0.824. The molecule has 24 heteroatoms. The SMILES string of the molecule is CN[C@@H](CCCCNC(=O)COCCOCCNC(=O)COCCOCCNC(=O)CCCC(=O)N[C@@H](CCCCNC(=O)CSC(C)=O)C(=O)NCCCC[C@H](NC)C(N)=O)C(N)=O. The van der Waals surface area contributed by atoms with Gasteiger partial charge in [-0.15, -0.1) is 0 Å². The second kappa shape index (κ2) is 41.0. The maximum absolute atomic E-state index is 13.0. The smallest absolute Gasteiger partial charge is 0.246 e. The fraction of sp³-hybridized carbons (Fsp3) is 0.780. The maximum atomic E-state index is 13.0. The van der Waals surface area contributed by atoms with Crippen molar-refractivity contribution in [3.8, 4) is 0 Å². The number of unbranched alkanes of at least 4 members (excludes halogenated alkanes) is 3. The van der Waals surface area contributed by atoms with Crippen molar-refractivity contribution in [1.29, 1.82) is 0 Å². The largest absolute Gasteiger partial charge is 0.377 e. The quantitative estimate of drug-likeness (QED) is 0.0277. The first kappa shape index (κ1) is 60.5. The number of hydrogen-bond acceptors (Lipinski definition) is 16. The van der Waals surface area contributed by atoms with E-state index in [-0.39, 0.29) is 138 Å². The minimum absolute atomic E-state index is 0.0214. The second-order valence-corrected chi connectivity index (χ2v) is 15.9. The molecule has 0 aromatic heterocycles. The third kappa shape index (κ3) is 37.5. The number of nitrogens with two attached hydrogens (primary N) is 2. The summed E-state index contributed by atoms with van der Waals surface area (Å²) in [7, 11) is 3.32. The van der Waals surface area contributed by atoms with Crippen LogP contribution in [0.15, 0.2) is 0 Å². The van der Waals surface area contributed by atoms with Gasteiger partial charge in [-0.05, 0) is 78.3 Å². The van der Waals surface area contributed by atoms with Crippen LogP contribution in [0.4, 0.5) is 0 Å². The molecule has 0 fully saturated rings. The van der Waals surface area contributed by atoms with Gasteiger partial charge in [-0.2, -0.15) is 0 Å². The van der Waals surface area contributed by atoms with E-state index in [1.54, 1.807) is 14.1 Å². The minimum Gasteiger partial charge on any atom is -0.377 e. The Bertz CT molecular complexity index is 1420. The third-order valence-corrected chi connectivity index (χ3v) is 10.1. The van der Waals surface area contributed by atoms with Crippen LogP contribution in [0.1, 0.15) is 84.0 Å². The van der Waals surface area contributed by atoms with Gasteiger partial charge in [-0.1, -0.05) is 11.8 Å². The van der Waals surface area contributed by atoms with E-state index in [1.165, 1.54) is 6.92 Å². The number of carbonyl (C=O) groups is 9. The van der Waals surface area contributed by atoms with Gasteiger partial charge in [0.05, 0.1) is 57.5 Å². The summed E-state index contributed by atoms with van der Waals surface area (Å²) in [4.78, 5) is 107. The van der Waals surface area contributed by atoms with Crippen LogP contribution < -0.4 is 54.0 Å². The summed E-state index contributed by atoms with van der Waals surface area (Å²) in [5.41, 5.74) is 10.6. The van der Waals surface area contributed by atoms with E-state index in [4.69, 9.17) is 30.4 Å². The first-order chi connectivity index (χ1) is 31.2. The van der Waals surface area contributed by atoms with Crippen molar-refractivity contribution in [2.75, 3.05) is 105 Å². The Labute approximate surface area is 386 Å². The molecule has 0 rings (SSSR count). The molecule has 3 atom stereocenters. The number of ether oxygens (including phenoxy) is 4. The zero-order valence-electron chi connectivity index (χ0n) is 38.5. The van der Waals surface area contributed by atoms with Crippen LogP contribution in [0.2, 0.25) is 0 Å². The summed E-state index contributed by atoms with van der Waals surface area (Å²) >= 11 is 0.918. The molecule has 0 aliphatic heterocycles. The lowest BCUT2D eigenvalue weighted by atomic mass is 10.1. The molecule has 0 saturated carbocycles. The van der Waals surface area contributed by atoms with Crippen LogP contribution in [0.3, 0.4) is 0 Å². The van der Waals surface area contributed by atoms with Gasteiger partial charge in [-0.25, -0.2) is 0 Å². The molecule has 0 aliphatic rings. The number of thioether (sulfide) groups is 1. The molecule has 0 bridgehead atoms. The number of amides is 8. The van der Waals surface area contributed by atoms with E-state index < -0.39 is 23.9 Å². The molecule has 0 heterocycles. The normalized spacial score (nSPS) is 12.3. The predicted octanol–water partition coefficient (Wildman–Crippen LogP) is -2.77. The van der Waals surface area contributed by atoms with Crippen molar-refractivity contribution in [1.82, 2.24) is 42.5 Å². The monoisotopic (exact) mass is 949 g/mol. The molecule has 12 N–H and O–H groups in total. The Hall–Kier alpha value is -4.46. The van der Waals surface area contributed by atoms with E-state index in [9.17, 15) is 43.2 Å². The van der Waals surface area contributed by atoms with Gasteiger partial charge in [0, 0.05) is 52.5 Å². The van der Waals surface area contributed by atoms with Crippen LogP contribution in [0.5, 0.6) is 0 Å². The number of primary amides is 2. The first-order valence-electron chi connectivity index (χ1n) is 22.2. The molecule has 23 nitrogen and oxygen atoms in total. The molecule has 0 aromatic rings. The van der Waals surface area contributed by atoms with Crippen molar-refractivity contribution in [3.05, 3.63) is 0 Å². The summed E-state index contributed by atoms with van der Waals surface area (Å²) in [5, 5.41) is 22.0. The molecular formula is C41H76N10O13S. The van der Waals surface area contributed by atoms with Gasteiger partial charge < -0.3 is 72.9 Å². The summed E-state index contributed by atoms with van der Waals surface area (Å²) < 4.78 is 21.4. The number of nitrogens with one attached hydrogen (secondary N) is 8. The predicted molar refractivity (Wildman–Crippen MR) is 243 cm³/mol. The number of carbonyl (C=O) groups excluding carboxylic acids is 9. The van der Waals surface area contributed by atoms with Crippen LogP contribution in [-0.4, -0.2) is 176 Å². The Kier molecular flexibility index (Phi) is 38.2. The van der Waals surface area contributed by atoms with Crippen molar-refractivity contribution < 1.29 is 62.1 Å². The summed E-state index contributed by atoms with van der Waals surface area (Å²) in [6, 6.07) is -1.66. The highest BCUT2D eigenvalue weighted by Crippen LogP contribution is 2.06. The van der Waals surface area contributed by atoms with Crippen molar-refractivity contribution >= 4 is 64.1 Å². The molecule has 0 saturated heterocycles. The van der Waals surface area contributed by atoms with Crippen molar-refractivity contribution in [3.63, 3.8) is 0 Å². The Morgan fingerprint density at radius 2 is 0.877 bits per heavy atom. The lowest BCUT2D eigenvalue weighted by Crippen LogP contribution is -2.47. The summed E-state index contributed by atoms with van der Waals surface area (Å²) in [5.74, 6) is -2.68. The van der Waals surface area contributed by atoms with Crippen molar-refractivity contribution in [2.45, 2.75) is 102 Å². The highest BCUT2D eigenvalue weighted by Gasteiger charge is 2.21. The lowest BCUT2D eigenvalue weighted by molar-refractivity contribution is -0.129. The number of likely N-dealkylation sites (N-methyl/N-ethyl adjacent to an activating group) is 2. The molecule has 0 radical (unpaired) electrons. The molecule has 0 aliphatic carbocycles. The van der Waals surface area contributed by atoms with Crippen LogP contribution in [-0.2, 0) is 62.1 Å². The Morgan fingerprint density at radius 1 is 0.462 bits per heavy atom. The average molecular weight is 949 g/mol. The van der Waals surface area contributed by atoms with Gasteiger partial charge >= 0.3 is 0 Å². The topological polar surface area (TPSA) is 339 Å². The molecule has 0 unspecified atom stereocenters. The highest BCUT2D eigenvalue weighted by atomic mass is 32.2. The lowest BCUT2D eigenvalue weighted by Gasteiger charge is -2.19. The Morgan fingerprint density at radius 3 is 1.35 bits per heavy atom. The van der Waals surface area contributed by atoms with Crippen LogP contribution in [0, 0.1) is 0 Å². The molecule has 65 heavy (non-hydrogen) atoms. The highest BCUT2D eigenvalue weighted by molar-refractivity contribution is 8.14. The first-order valence-corrected chi connectivity index (χ1v) is 23.2. The molecular weight excluding hydrogens is 873 g/mol. The summed E-state index contributed by atoms with van der Waals surface area (Å²) in [6.07, 6.45) is 5.56. The molecule has 0 aromatic carbocycles. The zero-order chi connectivity index (χ0) is 48.5.